The van der Waals surface area contributed by atoms with Crippen LogP contribution in [0.1, 0.15) is 48.3 Å². The van der Waals surface area contributed by atoms with Gasteiger partial charge in [-0.25, -0.2) is 4.98 Å². The van der Waals surface area contributed by atoms with Gasteiger partial charge >= 0.3 is 0 Å². The van der Waals surface area contributed by atoms with E-state index in [1.54, 1.807) is 0 Å². The number of halogens is 1. The molecular weight excluding hydrogens is 288 g/mol. The van der Waals surface area contributed by atoms with Crippen molar-refractivity contribution >= 4 is 17.4 Å². The Morgan fingerprint density at radius 1 is 1.19 bits per heavy atom. The molecule has 0 unspecified atom stereocenters. The van der Waals surface area contributed by atoms with Crippen LogP contribution in [0.3, 0.4) is 0 Å². The highest BCUT2D eigenvalue weighted by Gasteiger charge is 2.34. The zero-order chi connectivity index (χ0) is 15.0. The van der Waals surface area contributed by atoms with E-state index in [9.17, 15) is 15.6 Å². The van der Waals surface area contributed by atoms with Gasteiger partial charge in [0.25, 0.3) is 0 Å². The minimum absolute atomic E-state index is 0.161. The molecule has 0 radical (unpaired) electrons. The first-order valence-electron chi connectivity index (χ1n) is 7.12. The summed E-state index contributed by atoms with van der Waals surface area (Å²) >= 11 is 6.16. The summed E-state index contributed by atoms with van der Waals surface area (Å²) in [4.78, 5) is 6.19. The summed E-state index contributed by atoms with van der Waals surface area (Å²) in [5.41, 5.74) is 1.53. The Morgan fingerprint density at radius 2 is 1.90 bits per heavy atom. The van der Waals surface area contributed by atoms with Crippen molar-refractivity contribution in [3.63, 3.8) is 0 Å². The number of aliphatic hydroxyl groups excluding tert-OH is 1. The van der Waals surface area contributed by atoms with Gasteiger partial charge in [0.05, 0.1) is 17.2 Å². The highest BCUT2D eigenvalue weighted by atomic mass is 35.5. The number of aromatic nitrogens is 1. The SMILES string of the molecule is N#Cc1c(Cl)nc(N2CCC[C@H](O)C2)c(C#N)c1C1CC1. The smallest absolute Gasteiger partial charge is 0.149 e. The van der Waals surface area contributed by atoms with E-state index < -0.39 is 6.10 Å². The summed E-state index contributed by atoms with van der Waals surface area (Å²) < 4.78 is 0. The fourth-order valence-corrected chi connectivity index (χ4v) is 3.16. The number of β-amino-alcohol motifs (C(OH)–C–C–N with tert-alkyl or cyclic N) is 1. The number of hydrogen-bond donors (Lipinski definition) is 1. The zero-order valence-corrected chi connectivity index (χ0v) is 12.3. The first-order chi connectivity index (χ1) is 10.2. The molecule has 5 nitrogen and oxygen atoms in total. The van der Waals surface area contributed by atoms with Crippen molar-refractivity contribution in [1.82, 2.24) is 4.98 Å². The van der Waals surface area contributed by atoms with Crippen molar-refractivity contribution in [2.45, 2.75) is 37.7 Å². The topological polar surface area (TPSA) is 83.9 Å². The first kappa shape index (κ1) is 14.1. The van der Waals surface area contributed by atoms with Crippen LogP contribution in [0.5, 0.6) is 0 Å². The van der Waals surface area contributed by atoms with Crippen LogP contribution in [0.15, 0.2) is 0 Å². The molecule has 6 heteroatoms. The lowest BCUT2D eigenvalue weighted by Gasteiger charge is -2.32. The van der Waals surface area contributed by atoms with Gasteiger partial charge in [0.15, 0.2) is 0 Å². The van der Waals surface area contributed by atoms with E-state index in [2.05, 4.69) is 17.1 Å². The highest BCUT2D eigenvalue weighted by Crippen LogP contribution is 2.46. The molecule has 2 aliphatic rings. The lowest BCUT2D eigenvalue weighted by Crippen LogP contribution is -2.39. The summed E-state index contributed by atoms with van der Waals surface area (Å²) in [6.45, 7) is 1.19. The van der Waals surface area contributed by atoms with Crippen molar-refractivity contribution in [3.05, 3.63) is 21.8 Å². The van der Waals surface area contributed by atoms with Crippen LogP contribution < -0.4 is 4.90 Å². The van der Waals surface area contributed by atoms with Crippen molar-refractivity contribution in [2.75, 3.05) is 18.0 Å². The number of anilines is 1. The lowest BCUT2D eigenvalue weighted by molar-refractivity contribution is 0.154. The maximum absolute atomic E-state index is 9.83. The van der Waals surface area contributed by atoms with Crippen LogP contribution in [0.2, 0.25) is 5.15 Å². The minimum atomic E-state index is -0.411. The Balaban J connectivity index is 2.13. The fraction of sp³-hybridized carbons (Fsp3) is 0.533. The molecule has 0 aromatic carbocycles. The molecule has 2 fully saturated rings. The molecule has 1 aliphatic heterocycles. The molecule has 1 atom stereocenters. The predicted octanol–water partition coefficient (Wildman–Crippen LogP) is 2.32. The second-order valence-corrected chi connectivity index (χ2v) is 5.99. The van der Waals surface area contributed by atoms with Crippen LogP contribution in [0.25, 0.3) is 0 Å². The summed E-state index contributed by atoms with van der Waals surface area (Å²) in [5, 5.41) is 28.8. The van der Waals surface area contributed by atoms with E-state index in [0.717, 1.165) is 37.8 Å². The van der Waals surface area contributed by atoms with E-state index in [0.29, 0.717) is 23.5 Å². The third-order valence-corrected chi connectivity index (χ3v) is 4.35. The molecular formula is C15H15ClN4O. The molecule has 1 saturated heterocycles. The number of aliphatic hydroxyl groups is 1. The Hall–Kier alpha value is -1.82. The Bertz CT molecular complexity index is 657. The van der Waals surface area contributed by atoms with Gasteiger partial charge in [0, 0.05) is 13.1 Å². The van der Waals surface area contributed by atoms with Crippen molar-refractivity contribution in [3.8, 4) is 12.1 Å². The van der Waals surface area contributed by atoms with Crippen molar-refractivity contribution in [1.29, 1.82) is 10.5 Å². The Kier molecular flexibility index (Phi) is 3.71. The van der Waals surface area contributed by atoms with Crippen LogP contribution >= 0.6 is 11.6 Å². The standard InChI is InChI=1S/C15H15ClN4O/c16-14-11(6-17)13(9-3-4-9)12(7-18)15(19-14)20-5-1-2-10(21)8-20/h9-10,21H,1-5,8H2/t10-/m0/s1. The summed E-state index contributed by atoms with van der Waals surface area (Å²) in [5.74, 6) is 0.755. The van der Waals surface area contributed by atoms with E-state index in [1.165, 1.54) is 0 Å². The summed E-state index contributed by atoms with van der Waals surface area (Å²) in [7, 11) is 0. The van der Waals surface area contributed by atoms with Gasteiger partial charge in [-0.3, -0.25) is 0 Å². The number of nitriles is 2. The van der Waals surface area contributed by atoms with Gasteiger partial charge < -0.3 is 10.0 Å². The lowest BCUT2D eigenvalue weighted by atomic mass is 9.99. The number of nitrogens with zero attached hydrogens (tertiary/aromatic N) is 4. The maximum atomic E-state index is 9.83. The van der Waals surface area contributed by atoms with Crippen molar-refractivity contribution in [2.24, 2.45) is 0 Å². The number of pyridine rings is 1. The van der Waals surface area contributed by atoms with Crippen LogP contribution in [-0.4, -0.2) is 29.3 Å². The van der Waals surface area contributed by atoms with Crippen LogP contribution in [0, 0.1) is 22.7 Å². The van der Waals surface area contributed by atoms with Gasteiger partial charge in [-0.1, -0.05) is 11.6 Å². The molecule has 1 aromatic heterocycles. The molecule has 0 amide bonds. The van der Waals surface area contributed by atoms with Gasteiger partial charge in [0.2, 0.25) is 0 Å². The minimum Gasteiger partial charge on any atom is -0.391 e. The van der Waals surface area contributed by atoms with Crippen LogP contribution in [-0.2, 0) is 0 Å². The number of rotatable bonds is 2. The van der Waals surface area contributed by atoms with Crippen LogP contribution in [0.4, 0.5) is 5.82 Å². The molecule has 21 heavy (non-hydrogen) atoms. The van der Waals surface area contributed by atoms with Gasteiger partial charge in [-0.05, 0) is 37.2 Å². The van der Waals surface area contributed by atoms with E-state index in [-0.39, 0.29) is 11.1 Å². The molecule has 1 aliphatic carbocycles. The third-order valence-electron chi connectivity index (χ3n) is 4.08. The van der Waals surface area contributed by atoms with Gasteiger partial charge in [-0.2, -0.15) is 10.5 Å². The molecule has 3 rings (SSSR count). The van der Waals surface area contributed by atoms with Gasteiger partial charge in [0.1, 0.15) is 23.1 Å². The average Bonchev–Trinajstić information content (AvgIpc) is 3.30. The number of piperidine rings is 1. The van der Waals surface area contributed by atoms with E-state index >= 15 is 0 Å². The predicted molar refractivity (Wildman–Crippen MR) is 78.1 cm³/mol. The fourth-order valence-electron chi connectivity index (χ4n) is 2.93. The zero-order valence-electron chi connectivity index (χ0n) is 11.5. The highest BCUT2D eigenvalue weighted by molar-refractivity contribution is 6.30. The Morgan fingerprint density at radius 3 is 2.48 bits per heavy atom. The number of hydrogen-bond acceptors (Lipinski definition) is 5. The van der Waals surface area contributed by atoms with E-state index in [4.69, 9.17) is 11.6 Å². The van der Waals surface area contributed by atoms with Crippen molar-refractivity contribution < 1.29 is 5.11 Å². The van der Waals surface area contributed by atoms with Gasteiger partial charge in [-0.15, -0.1) is 0 Å². The molecule has 0 bridgehead atoms. The average molecular weight is 303 g/mol. The normalized spacial score (nSPS) is 21.7. The first-order valence-corrected chi connectivity index (χ1v) is 7.50. The summed E-state index contributed by atoms with van der Waals surface area (Å²) in [6.07, 6.45) is 3.16. The second kappa shape index (κ2) is 5.52. The maximum Gasteiger partial charge on any atom is 0.149 e. The van der Waals surface area contributed by atoms with E-state index in [1.807, 2.05) is 4.90 Å². The molecule has 1 aromatic rings. The molecule has 108 valence electrons. The molecule has 2 heterocycles. The second-order valence-electron chi connectivity index (χ2n) is 5.63. The Labute approximate surface area is 128 Å². The molecule has 0 spiro atoms. The molecule has 1 saturated carbocycles. The largest absolute Gasteiger partial charge is 0.391 e. The molecule has 1 N–H and O–H groups in total. The summed E-state index contributed by atoms with van der Waals surface area (Å²) in [6, 6.07) is 4.29. The third kappa shape index (κ3) is 2.55. The monoisotopic (exact) mass is 302 g/mol. The quantitative estimate of drug-likeness (QED) is 0.848.